The summed E-state index contributed by atoms with van der Waals surface area (Å²) in [6.07, 6.45) is 3.71. The lowest BCUT2D eigenvalue weighted by Gasteiger charge is -2.26. The van der Waals surface area contributed by atoms with Crippen molar-refractivity contribution in [3.8, 4) is 0 Å². The van der Waals surface area contributed by atoms with Gasteiger partial charge in [0, 0.05) is 31.7 Å². The Morgan fingerprint density at radius 2 is 1.80 bits per heavy atom. The molecule has 9 heteroatoms. The Kier molecular flexibility index (Phi) is 13.8. The molecule has 240 valence electrons. The first-order valence-corrected chi connectivity index (χ1v) is 15.0. The summed E-state index contributed by atoms with van der Waals surface area (Å²) in [7, 11) is 1.96. The van der Waals surface area contributed by atoms with Gasteiger partial charge in [-0.25, -0.2) is 14.0 Å². The maximum Gasteiger partial charge on any atom is 0.415 e. The van der Waals surface area contributed by atoms with Crippen LogP contribution in [0.15, 0.2) is 71.5 Å². The minimum absolute atomic E-state index is 0.0666. The average Bonchev–Trinajstić information content (AvgIpc) is 3.29. The zero-order valence-corrected chi connectivity index (χ0v) is 27.2. The van der Waals surface area contributed by atoms with Gasteiger partial charge in [0.25, 0.3) is 0 Å². The minimum atomic E-state index is -1.02. The van der Waals surface area contributed by atoms with Gasteiger partial charge in [0.15, 0.2) is 0 Å². The quantitative estimate of drug-likeness (QED) is 0.176. The minimum Gasteiger partial charge on any atom is -0.507 e. The first-order valence-electron chi connectivity index (χ1n) is 15.0. The molecule has 1 fully saturated rings. The maximum atomic E-state index is 13.6. The number of allylic oxidation sites excluding steroid dienone is 2. The lowest BCUT2D eigenvalue weighted by atomic mass is 9.95. The number of aryl methyl sites for hydroxylation is 1. The number of carbonyl (C=O) groups excluding carboxylic acids is 1. The Balaban J connectivity index is 0.00000330. The molecule has 1 aliphatic rings. The van der Waals surface area contributed by atoms with E-state index in [0.29, 0.717) is 61.7 Å². The molecule has 8 nitrogen and oxygen atoms in total. The number of hydrogen-bond donors (Lipinski definition) is 2. The molecule has 1 unspecified atom stereocenters. The van der Waals surface area contributed by atoms with E-state index >= 15 is 0 Å². The van der Waals surface area contributed by atoms with Crippen molar-refractivity contribution in [1.82, 2.24) is 4.90 Å². The predicted molar refractivity (Wildman–Crippen MR) is 174 cm³/mol. The number of ether oxygens (including phenoxy) is 2. The Morgan fingerprint density at radius 3 is 2.36 bits per heavy atom. The molecule has 0 saturated carbocycles. The summed E-state index contributed by atoms with van der Waals surface area (Å²) in [6, 6.07) is 10.7. The Labute approximate surface area is 261 Å². The third-order valence-corrected chi connectivity index (χ3v) is 7.23. The molecule has 0 bridgehead atoms. The highest BCUT2D eigenvalue weighted by Crippen LogP contribution is 2.33. The number of cyclic esters (lactones) is 1. The van der Waals surface area contributed by atoms with Crippen LogP contribution >= 0.6 is 0 Å². The van der Waals surface area contributed by atoms with Gasteiger partial charge in [-0.3, -0.25) is 4.90 Å². The van der Waals surface area contributed by atoms with E-state index in [2.05, 4.69) is 4.90 Å². The van der Waals surface area contributed by atoms with E-state index in [0.717, 1.165) is 11.1 Å². The molecular weight excluding hydrogens is 563 g/mol. The fraction of sp³-hybridized carbons (Fsp3) is 0.429. The maximum absolute atomic E-state index is 13.6. The predicted octanol–water partition coefficient (Wildman–Crippen LogP) is 7.79. The van der Waals surface area contributed by atoms with Crippen molar-refractivity contribution in [2.24, 2.45) is 0 Å². The van der Waals surface area contributed by atoms with Crippen LogP contribution in [0.3, 0.4) is 0 Å². The standard InChI is InChI=1S/C33H41FN2O6.C2H6/c1-7-24(20-41-8-2)30(25-9-12-27(34)13-10-25)29(37)17-22(3)19-35(6)16-15-33(5)21-36(32(40)42-33)28-14-11-26(31(38)39)18-23(28)4;1-2/h7,9-14,17-18,37H,8,15-16,19-21H2,1-6H3,(H,38,39);1-2H3/b22-17+,24-7-,30-29-;. The zero-order valence-electron chi connectivity index (χ0n) is 27.2. The molecule has 3 rings (SSSR count). The van der Waals surface area contributed by atoms with Crippen LogP contribution in [0.4, 0.5) is 14.9 Å². The lowest BCUT2D eigenvalue weighted by molar-refractivity contribution is 0.0580. The number of carbonyl (C=O) groups is 2. The van der Waals surface area contributed by atoms with E-state index in [4.69, 9.17) is 9.47 Å². The number of benzene rings is 2. The molecule has 1 heterocycles. The molecule has 0 spiro atoms. The molecule has 1 aliphatic heterocycles. The van der Waals surface area contributed by atoms with E-state index < -0.39 is 17.7 Å². The lowest BCUT2D eigenvalue weighted by Crippen LogP contribution is -2.36. The Morgan fingerprint density at radius 1 is 1.16 bits per heavy atom. The van der Waals surface area contributed by atoms with Crippen LogP contribution < -0.4 is 4.90 Å². The SMILES string of the molecule is CC.C\C=C(COCC)/C(=C(O)\C=C(/C)CN(C)CCC1(C)CN(c2ccc(C(=O)O)cc2C)C(=O)O1)c1ccc(F)cc1. The number of aromatic carboxylic acids is 1. The van der Waals surface area contributed by atoms with Gasteiger partial charge >= 0.3 is 12.1 Å². The number of nitrogens with zero attached hydrogens (tertiary/aromatic N) is 2. The summed E-state index contributed by atoms with van der Waals surface area (Å²) in [5, 5.41) is 20.4. The van der Waals surface area contributed by atoms with Crippen LogP contribution in [0.5, 0.6) is 0 Å². The number of rotatable bonds is 13. The molecule has 0 aromatic heterocycles. The van der Waals surface area contributed by atoms with E-state index in [1.165, 1.54) is 18.2 Å². The largest absolute Gasteiger partial charge is 0.507 e. The van der Waals surface area contributed by atoms with Gasteiger partial charge in [-0.1, -0.05) is 37.6 Å². The van der Waals surface area contributed by atoms with E-state index in [1.54, 1.807) is 42.2 Å². The molecule has 0 aliphatic carbocycles. The van der Waals surface area contributed by atoms with Gasteiger partial charge in [0.1, 0.15) is 17.2 Å². The molecule has 0 radical (unpaired) electrons. The smallest absolute Gasteiger partial charge is 0.415 e. The Hall–Kier alpha value is -3.95. The van der Waals surface area contributed by atoms with Crippen LogP contribution in [0.25, 0.3) is 5.57 Å². The third kappa shape index (κ3) is 9.79. The first-order chi connectivity index (χ1) is 20.9. The van der Waals surface area contributed by atoms with Crippen molar-refractivity contribution in [1.29, 1.82) is 0 Å². The number of carboxylic acids is 1. The fourth-order valence-corrected chi connectivity index (χ4v) is 5.01. The summed E-state index contributed by atoms with van der Waals surface area (Å²) in [5.41, 5.74) is 3.74. The first kappa shape index (κ1) is 36.2. The van der Waals surface area contributed by atoms with E-state index in [1.807, 2.05) is 54.7 Å². The van der Waals surface area contributed by atoms with E-state index in [9.17, 15) is 24.2 Å². The highest BCUT2D eigenvalue weighted by molar-refractivity contribution is 5.93. The number of carboxylic acid groups (broad SMARTS) is 1. The zero-order chi connectivity index (χ0) is 33.0. The van der Waals surface area contributed by atoms with Crippen LogP contribution in [0.1, 0.15) is 69.4 Å². The molecule has 2 aromatic rings. The van der Waals surface area contributed by atoms with Crippen molar-refractivity contribution in [2.45, 2.75) is 60.5 Å². The second-order valence-electron chi connectivity index (χ2n) is 10.9. The van der Waals surface area contributed by atoms with Crippen molar-refractivity contribution in [3.63, 3.8) is 0 Å². The molecule has 1 atom stereocenters. The molecule has 1 saturated heterocycles. The molecule has 1 amide bonds. The van der Waals surface area contributed by atoms with Gasteiger partial charge in [0.05, 0.1) is 24.4 Å². The van der Waals surface area contributed by atoms with Crippen molar-refractivity contribution < 1.29 is 33.7 Å². The van der Waals surface area contributed by atoms with Crippen molar-refractivity contribution in [3.05, 3.63) is 94.0 Å². The number of aliphatic hydroxyl groups is 1. The highest BCUT2D eigenvalue weighted by Gasteiger charge is 2.42. The molecule has 2 N–H and O–H groups in total. The second kappa shape index (κ2) is 16.8. The number of aliphatic hydroxyl groups excluding tert-OH is 1. The monoisotopic (exact) mass is 610 g/mol. The van der Waals surface area contributed by atoms with Crippen LogP contribution in [0, 0.1) is 12.7 Å². The topological polar surface area (TPSA) is 99.5 Å². The van der Waals surface area contributed by atoms with Crippen LogP contribution in [0.2, 0.25) is 0 Å². The van der Waals surface area contributed by atoms with Crippen molar-refractivity contribution in [2.75, 3.05) is 44.8 Å². The van der Waals surface area contributed by atoms with Crippen LogP contribution in [-0.2, 0) is 9.47 Å². The normalized spacial score (nSPS) is 17.7. The number of amides is 1. The molecule has 44 heavy (non-hydrogen) atoms. The second-order valence-corrected chi connectivity index (χ2v) is 10.9. The van der Waals surface area contributed by atoms with Gasteiger partial charge in [-0.15, -0.1) is 0 Å². The van der Waals surface area contributed by atoms with Crippen molar-refractivity contribution >= 4 is 23.3 Å². The highest BCUT2D eigenvalue weighted by atomic mass is 19.1. The van der Waals surface area contributed by atoms with E-state index in [-0.39, 0.29) is 17.1 Å². The van der Waals surface area contributed by atoms with Gasteiger partial charge in [0.2, 0.25) is 0 Å². The summed E-state index contributed by atoms with van der Waals surface area (Å²) < 4.78 is 25.0. The van der Waals surface area contributed by atoms with Gasteiger partial charge in [-0.05, 0) is 94.8 Å². The summed E-state index contributed by atoms with van der Waals surface area (Å²) in [6.45, 7) is 15.7. The number of likely N-dealkylation sites (N-methyl/N-ethyl adjacent to an activating group) is 1. The average molecular weight is 611 g/mol. The van der Waals surface area contributed by atoms with Crippen LogP contribution in [-0.4, -0.2) is 72.7 Å². The Bertz CT molecular complexity index is 1380. The number of anilines is 1. The third-order valence-electron chi connectivity index (χ3n) is 7.23. The summed E-state index contributed by atoms with van der Waals surface area (Å²) in [5.74, 6) is -1.31. The summed E-state index contributed by atoms with van der Waals surface area (Å²) >= 11 is 0. The van der Waals surface area contributed by atoms with Gasteiger partial charge in [-0.2, -0.15) is 0 Å². The molecule has 2 aromatic carbocycles. The number of halogens is 1. The van der Waals surface area contributed by atoms with Gasteiger partial charge < -0.3 is 24.6 Å². The summed E-state index contributed by atoms with van der Waals surface area (Å²) in [4.78, 5) is 27.7. The molecular formula is C35H47FN2O6. The number of hydrogen-bond acceptors (Lipinski definition) is 6. The fourth-order valence-electron chi connectivity index (χ4n) is 5.01.